The first-order valence-corrected chi connectivity index (χ1v) is 7.07. The largest absolute Gasteiger partial charge is 0.366 e. The van der Waals surface area contributed by atoms with Crippen molar-refractivity contribution in [1.82, 2.24) is 9.97 Å². The van der Waals surface area contributed by atoms with Gasteiger partial charge in [-0.25, -0.2) is 9.97 Å². The molecule has 104 valence electrons. The predicted molar refractivity (Wildman–Crippen MR) is 83.6 cm³/mol. The molecule has 3 rings (SSSR count). The maximum atomic E-state index is 11.6. The first-order valence-electron chi connectivity index (χ1n) is 6.25. The Labute approximate surface area is 125 Å². The number of aromatic nitrogens is 2. The van der Waals surface area contributed by atoms with Gasteiger partial charge in [-0.05, 0) is 11.6 Å². The third-order valence-electron chi connectivity index (χ3n) is 2.87. The van der Waals surface area contributed by atoms with Gasteiger partial charge in [-0.3, -0.25) is 4.79 Å². The number of primary amides is 1. The SMILES string of the molecule is NC(=O)c1cc(-c2ccccc2)sc1Nc1cncnc1. The first kappa shape index (κ1) is 13.3. The van der Waals surface area contributed by atoms with Gasteiger partial charge in [0, 0.05) is 4.88 Å². The molecule has 1 aromatic carbocycles. The topological polar surface area (TPSA) is 80.9 Å². The van der Waals surface area contributed by atoms with Crippen molar-refractivity contribution in [3.05, 3.63) is 60.7 Å². The molecular weight excluding hydrogens is 284 g/mol. The summed E-state index contributed by atoms with van der Waals surface area (Å²) in [5.41, 5.74) is 7.67. The molecule has 0 radical (unpaired) electrons. The summed E-state index contributed by atoms with van der Waals surface area (Å²) < 4.78 is 0. The van der Waals surface area contributed by atoms with Crippen molar-refractivity contribution < 1.29 is 4.79 Å². The van der Waals surface area contributed by atoms with Crippen LogP contribution in [0.3, 0.4) is 0 Å². The van der Waals surface area contributed by atoms with Gasteiger partial charge in [0.25, 0.3) is 5.91 Å². The predicted octanol–water partition coefficient (Wildman–Crippen LogP) is 3.05. The number of nitrogens with one attached hydrogen (secondary N) is 1. The first-order chi connectivity index (χ1) is 10.2. The number of hydrogen-bond acceptors (Lipinski definition) is 5. The molecule has 2 heterocycles. The van der Waals surface area contributed by atoms with E-state index in [2.05, 4.69) is 15.3 Å². The van der Waals surface area contributed by atoms with Crippen molar-refractivity contribution in [2.75, 3.05) is 5.32 Å². The number of nitrogens with two attached hydrogens (primary N) is 1. The quantitative estimate of drug-likeness (QED) is 0.775. The summed E-state index contributed by atoms with van der Waals surface area (Å²) in [5, 5.41) is 3.83. The Balaban J connectivity index is 2.00. The Hall–Kier alpha value is -2.73. The Morgan fingerprint density at radius 2 is 1.86 bits per heavy atom. The number of amides is 1. The number of anilines is 2. The van der Waals surface area contributed by atoms with E-state index in [1.807, 2.05) is 30.3 Å². The van der Waals surface area contributed by atoms with Crippen LogP contribution in [-0.4, -0.2) is 15.9 Å². The van der Waals surface area contributed by atoms with Crippen LogP contribution < -0.4 is 11.1 Å². The monoisotopic (exact) mass is 296 g/mol. The standard InChI is InChI=1S/C15H12N4OS/c16-14(20)12-6-13(10-4-2-1-3-5-10)21-15(12)19-11-7-17-9-18-8-11/h1-9,19H,(H2,16,20). The van der Waals surface area contributed by atoms with Gasteiger partial charge in [-0.1, -0.05) is 30.3 Å². The molecule has 0 saturated heterocycles. The molecule has 2 aromatic heterocycles. The zero-order valence-electron chi connectivity index (χ0n) is 11.0. The summed E-state index contributed by atoms with van der Waals surface area (Å²) in [6, 6.07) is 11.6. The van der Waals surface area contributed by atoms with Gasteiger partial charge in [0.15, 0.2) is 0 Å². The van der Waals surface area contributed by atoms with E-state index in [1.165, 1.54) is 17.7 Å². The van der Waals surface area contributed by atoms with Crippen LogP contribution in [0.2, 0.25) is 0 Å². The summed E-state index contributed by atoms with van der Waals surface area (Å²) in [6.45, 7) is 0. The Kier molecular flexibility index (Phi) is 3.61. The zero-order valence-corrected chi connectivity index (χ0v) is 11.8. The van der Waals surface area contributed by atoms with Crippen molar-refractivity contribution in [2.45, 2.75) is 0 Å². The molecule has 0 bridgehead atoms. The van der Waals surface area contributed by atoms with E-state index in [0.717, 1.165) is 10.4 Å². The summed E-state index contributed by atoms with van der Waals surface area (Å²) in [6.07, 6.45) is 4.73. The average Bonchev–Trinajstić information content (AvgIpc) is 2.93. The second-order valence-electron chi connectivity index (χ2n) is 4.34. The van der Waals surface area contributed by atoms with Crippen LogP contribution in [0, 0.1) is 0 Å². The number of thiophene rings is 1. The molecule has 3 N–H and O–H groups in total. The minimum atomic E-state index is -0.465. The summed E-state index contributed by atoms with van der Waals surface area (Å²) in [5.74, 6) is -0.465. The van der Waals surface area contributed by atoms with E-state index in [0.29, 0.717) is 16.3 Å². The Morgan fingerprint density at radius 3 is 2.52 bits per heavy atom. The summed E-state index contributed by atoms with van der Waals surface area (Å²) in [4.78, 5) is 20.5. The highest BCUT2D eigenvalue weighted by molar-refractivity contribution is 7.19. The van der Waals surface area contributed by atoms with Crippen LogP contribution in [0.5, 0.6) is 0 Å². The Morgan fingerprint density at radius 1 is 1.14 bits per heavy atom. The van der Waals surface area contributed by atoms with E-state index in [9.17, 15) is 4.79 Å². The van der Waals surface area contributed by atoms with Crippen molar-refractivity contribution >= 4 is 27.9 Å². The van der Waals surface area contributed by atoms with Crippen LogP contribution in [0.15, 0.2) is 55.1 Å². The molecule has 0 aliphatic carbocycles. The van der Waals surface area contributed by atoms with E-state index in [4.69, 9.17) is 5.73 Å². The third kappa shape index (κ3) is 2.90. The molecule has 0 spiro atoms. The molecule has 3 aromatic rings. The average molecular weight is 296 g/mol. The van der Waals surface area contributed by atoms with E-state index < -0.39 is 5.91 Å². The van der Waals surface area contributed by atoms with Crippen LogP contribution in [0.4, 0.5) is 10.7 Å². The summed E-state index contributed by atoms with van der Waals surface area (Å²) in [7, 11) is 0. The second-order valence-corrected chi connectivity index (χ2v) is 5.39. The van der Waals surface area contributed by atoms with Gasteiger partial charge in [0.1, 0.15) is 11.3 Å². The number of nitrogens with zero attached hydrogens (tertiary/aromatic N) is 2. The number of hydrogen-bond donors (Lipinski definition) is 2. The molecule has 1 amide bonds. The molecule has 0 atom stereocenters. The van der Waals surface area contributed by atoms with Crippen LogP contribution in [-0.2, 0) is 0 Å². The fraction of sp³-hybridized carbons (Fsp3) is 0. The minimum absolute atomic E-state index is 0.461. The lowest BCUT2D eigenvalue weighted by Crippen LogP contribution is -2.11. The van der Waals surface area contributed by atoms with Gasteiger partial charge in [-0.2, -0.15) is 0 Å². The van der Waals surface area contributed by atoms with E-state index >= 15 is 0 Å². The van der Waals surface area contributed by atoms with Gasteiger partial charge in [0.05, 0.1) is 23.6 Å². The van der Waals surface area contributed by atoms with Gasteiger partial charge < -0.3 is 11.1 Å². The lowest BCUT2D eigenvalue weighted by molar-refractivity contribution is 0.100. The molecule has 21 heavy (non-hydrogen) atoms. The van der Waals surface area contributed by atoms with Crippen LogP contribution in [0.25, 0.3) is 10.4 Å². The molecule has 0 aliphatic rings. The fourth-order valence-electron chi connectivity index (χ4n) is 1.91. The molecule has 6 heteroatoms. The highest BCUT2D eigenvalue weighted by atomic mass is 32.1. The number of carbonyl (C=O) groups excluding carboxylic acids is 1. The fourth-order valence-corrected chi connectivity index (χ4v) is 3.00. The summed E-state index contributed by atoms with van der Waals surface area (Å²) >= 11 is 1.47. The van der Waals surface area contributed by atoms with Crippen molar-refractivity contribution in [2.24, 2.45) is 5.73 Å². The van der Waals surface area contributed by atoms with Crippen molar-refractivity contribution in [3.8, 4) is 10.4 Å². The van der Waals surface area contributed by atoms with Crippen LogP contribution in [0.1, 0.15) is 10.4 Å². The second kappa shape index (κ2) is 5.72. The normalized spacial score (nSPS) is 10.3. The van der Waals surface area contributed by atoms with E-state index in [-0.39, 0.29) is 0 Å². The van der Waals surface area contributed by atoms with Crippen LogP contribution >= 0.6 is 11.3 Å². The highest BCUT2D eigenvalue weighted by Crippen LogP contribution is 2.36. The van der Waals surface area contributed by atoms with Crippen molar-refractivity contribution in [3.63, 3.8) is 0 Å². The molecule has 5 nitrogen and oxygen atoms in total. The van der Waals surface area contributed by atoms with E-state index in [1.54, 1.807) is 18.5 Å². The molecular formula is C15H12N4OS. The third-order valence-corrected chi connectivity index (χ3v) is 3.97. The van der Waals surface area contributed by atoms with Gasteiger partial charge in [0.2, 0.25) is 0 Å². The minimum Gasteiger partial charge on any atom is -0.366 e. The maximum absolute atomic E-state index is 11.6. The number of benzene rings is 1. The maximum Gasteiger partial charge on any atom is 0.251 e. The lowest BCUT2D eigenvalue weighted by atomic mass is 10.1. The number of carbonyl (C=O) groups is 1. The molecule has 0 saturated carbocycles. The molecule has 0 unspecified atom stereocenters. The van der Waals surface area contributed by atoms with Gasteiger partial charge >= 0.3 is 0 Å². The lowest BCUT2D eigenvalue weighted by Gasteiger charge is -2.03. The highest BCUT2D eigenvalue weighted by Gasteiger charge is 2.15. The van der Waals surface area contributed by atoms with Gasteiger partial charge in [-0.15, -0.1) is 11.3 Å². The smallest absolute Gasteiger partial charge is 0.251 e. The zero-order chi connectivity index (χ0) is 14.7. The van der Waals surface area contributed by atoms with Crippen molar-refractivity contribution in [1.29, 1.82) is 0 Å². The molecule has 0 aliphatic heterocycles. The Bertz CT molecular complexity index is 756. The molecule has 0 fully saturated rings. The number of rotatable bonds is 4.